The highest BCUT2D eigenvalue weighted by molar-refractivity contribution is 6.07. The maximum absolute atomic E-state index is 13.3. The first-order chi connectivity index (χ1) is 20.4. The minimum atomic E-state index is -0.540. The quantitative estimate of drug-likeness (QED) is 0.242. The number of ether oxygens (including phenoxy) is 2. The third-order valence-corrected chi connectivity index (χ3v) is 7.10. The number of carbonyl (C=O) groups is 3. The normalized spacial score (nSPS) is 13.6. The van der Waals surface area contributed by atoms with E-state index in [2.05, 4.69) is 10.2 Å². The van der Waals surface area contributed by atoms with Gasteiger partial charge >= 0.3 is 12.1 Å². The molecule has 0 saturated carbocycles. The van der Waals surface area contributed by atoms with E-state index in [4.69, 9.17) is 9.47 Å². The molecule has 0 bridgehead atoms. The lowest BCUT2D eigenvalue weighted by Crippen LogP contribution is -2.50. The Balaban J connectivity index is 1.61. The predicted octanol–water partition coefficient (Wildman–Crippen LogP) is 6.86. The van der Waals surface area contributed by atoms with Gasteiger partial charge in [0.1, 0.15) is 5.60 Å². The first kappa shape index (κ1) is 31.3. The Kier molecular flexibility index (Phi) is 9.91. The van der Waals surface area contributed by atoms with Crippen LogP contribution in [0.15, 0.2) is 66.7 Å². The summed E-state index contributed by atoms with van der Waals surface area (Å²) in [5.41, 5.74) is 6.48. The van der Waals surface area contributed by atoms with Gasteiger partial charge in [-0.3, -0.25) is 4.79 Å². The molecule has 8 heteroatoms. The van der Waals surface area contributed by atoms with Gasteiger partial charge < -0.3 is 24.6 Å². The zero-order valence-corrected chi connectivity index (χ0v) is 25.9. The Morgan fingerprint density at radius 2 is 1.56 bits per heavy atom. The first-order valence-electron chi connectivity index (χ1n) is 14.6. The van der Waals surface area contributed by atoms with Crippen molar-refractivity contribution < 1.29 is 23.9 Å². The lowest BCUT2D eigenvalue weighted by Gasteiger charge is -2.37. The molecule has 0 aliphatic carbocycles. The average molecular weight is 584 g/mol. The summed E-state index contributed by atoms with van der Waals surface area (Å²) in [4.78, 5) is 41.6. The minimum Gasteiger partial charge on any atom is -0.463 e. The zero-order valence-electron chi connectivity index (χ0n) is 25.9. The number of nitrogens with one attached hydrogen (secondary N) is 1. The minimum absolute atomic E-state index is 0.195. The number of piperazine rings is 1. The predicted molar refractivity (Wildman–Crippen MR) is 171 cm³/mol. The van der Waals surface area contributed by atoms with Gasteiger partial charge in [-0.25, -0.2) is 9.59 Å². The van der Waals surface area contributed by atoms with Crippen LogP contribution in [0.2, 0.25) is 0 Å². The number of amides is 2. The number of aryl methyl sites for hydroxylation is 2. The number of hydrogen-bond acceptors (Lipinski definition) is 6. The van der Waals surface area contributed by atoms with Crippen molar-refractivity contribution in [3.8, 4) is 11.1 Å². The first-order valence-corrected chi connectivity index (χ1v) is 14.6. The molecule has 1 aliphatic rings. The second kappa shape index (κ2) is 13.6. The maximum atomic E-state index is 13.3. The Morgan fingerprint density at radius 1 is 0.884 bits per heavy atom. The number of esters is 1. The van der Waals surface area contributed by atoms with Gasteiger partial charge in [0.2, 0.25) is 0 Å². The lowest BCUT2D eigenvalue weighted by atomic mass is 9.96. The van der Waals surface area contributed by atoms with Gasteiger partial charge in [0.15, 0.2) is 0 Å². The molecule has 1 heterocycles. The summed E-state index contributed by atoms with van der Waals surface area (Å²) >= 11 is 0. The van der Waals surface area contributed by atoms with Crippen LogP contribution < -0.4 is 10.2 Å². The summed E-state index contributed by atoms with van der Waals surface area (Å²) in [6.45, 7) is 14.1. The molecule has 0 aromatic heterocycles. The number of hydrogen-bond donors (Lipinski definition) is 1. The van der Waals surface area contributed by atoms with E-state index in [1.54, 1.807) is 17.9 Å². The molecule has 1 fully saturated rings. The van der Waals surface area contributed by atoms with E-state index in [0.29, 0.717) is 44.0 Å². The van der Waals surface area contributed by atoms with Crippen LogP contribution in [-0.2, 0) is 14.3 Å². The Hall–Kier alpha value is -4.59. The topological polar surface area (TPSA) is 88.2 Å². The average Bonchev–Trinajstić information content (AvgIpc) is 2.96. The molecule has 0 radical (unpaired) electrons. The van der Waals surface area contributed by atoms with Crippen molar-refractivity contribution in [1.29, 1.82) is 0 Å². The molecule has 4 rings (SSSR count). The molecule has 226 valence electrons. The van der Waals surface area contributed by atoms with E-state index in [9.17, 15) is 14.4 Å². The van der Waals surface area contributed by atoms with Crippen molar-refractivity contribution in [2.75, 3.05) is 43.0 Å². The largest absolute Gasteiger partial charge is 0.463 e. The van der Waals surface area contributed by atoms with Crippen molar-refractivity contribution in [2.24, 2.45) is 0 Å². The van der Waals surface area contributed by atoms with Crippen LogP contribution in [0.25, 0.3) is 17.2 Å². The van der Waals surface area contributed by atoms with Crippen LogP contribution in [0, 0.1) is 13.8 Å². The molecule has 2 amide bonds. The third kappa shape index (κ3) is 8.47. The fourth-order valence-corrected chi connectivity index (χ4v) is 4.89. The number of carbonyl (C=O) groups excluding carboxylic acids is 3. The Labute approximate surface area is 254 Å². The van der Waals surface area contributed by atoms with Gasteiger partial charge in [-0.2, -0.15) is 0 Å². The van der Waals surface area contributed by atoms with Gasteiger partial charge in [-0.05, 0) is 88.6 Å². The lowest BCUT2D eigenvalue weighted by molar-refractivity contribution is -0.137. The van der Waals surface area contributed by atoms with Crippen LogP contribution in [0.4, 0.5) is 16.2 Å². The second-order valence-corrected chi connectivity index (χ2v) is 11.7. The highest BCUT2D eigenvalue weighted by Crippen LogP contribution is 2.35. The van der Waals surface area contributed by atoms with Crippen molar-refractivity contribution in [1.82, 2.24) is 4.90 Å². The Bertz CT molecular complexity index is 1500. The van der Waals surface area contributed by atoms with Gasteiger partial charge in [-0.15, -0.1) is 0 Å². The summed E-state index contributed by atoms with van der Waals surface area (Å²) < 4.78 is 10.5. The van der Waals surface area contributed by atoms with E-state index in [-0.39, 0.29) is 18.0 Å². The van der Waals surface area contributed by atoms with Crippen LogP contribution in [0.1, 0.15) is 54.7 Å². The number of nitrogens with zero attached hydrogens (tertiary/aromatic N) is 2. The molecule has 1 aliphatic heterocycles. The van der Waals surface area contributed by atoms with Gasteiger partial charge in [-0.1, -0.05) is 42.0 Å². The van der Waals surface area contributed by atoms with Crippen molar-refractivity contribution >= 4 is 35.4 Å². The van der Waals surface area contributed by atoms with Gasteiger partial charge in [0.05, 0.1) is 12.3 Å². The monoisotopic (exact) mass is 583 g/mol. The fourth-order valence-electron chi connectivity index (χ4n) is 4.89. The Morgan fingerprint density at radius 3 is 2.19 bits per heavy atom. The van der Waals surface area contributed by atoms with Crippen molar-refractivity contribution in [2.45, 2.75) is 47.1 Å². The molecule has 1 N–H and O–H groups in total. The number of anilines is 2. The summed E-state index contributed by atoms with van der Waals surface area (Å²) in [7, 11) is 0. The highest BCUT2D eigenvalue weighted by Gasteiger charge is 2.26. The van der Waals surface area contributed by atoms with E-state index in [1.165, 1.54) is 6.08 Å². The van der Waals surface area contributed by atoms with E-state index in [0.717, 1.165) is 33.5 Å². The third-order valence-electron chi connectivity index (χ3n) is 7.10. The van der Waals surface area contributed by atoms with Crippen LogP contribution in [-0.4, -0.2) is 61.3 Å². The summed E-state index contributed by atoms with van der Waals surface area (Å²) in [6, 6.07) is 19.5. The maximum Gasteiger partial charge on any atom is 0.410 e. The van der Waals surface area contributed by atoms with Gasteiger partial charge in [0, 0.05) is 49.1 Å². The van der Waals surface area contributed by atoms with E-state index >= 15 is 0 Å². The fraction of sp³-hybridized carbons (Fsp3) is 0.343. The number of benzene rings is 3. The molecule has 43 heavy (non-hydrogen) atoms. The molecular weight excluding hydrogens is 542 g/mol. The molecule has 3 aromatic carbocycles. The molecule has 0 spiro atoms. The van der Waals surface area contributed by atoms with Crippen LogP contribution >= 0.6 is 0 Å². The molecule has 3 aromatic rings. The van der Waals surface area contributed by atoms with Crippen molar-refractivity contribution in [3.63, 3.8) is 0 Å². The standard InChI is InChI=1S/C35H41N3O5/c1-7-42-32(39)17-11-26-10-15-29(25(3)22-26)30-16-14-28(23-31(30)36-33(40)27-12-8-24(2)9-13-27)37-18-20-38(21-19-37)34(41)43-35(4,5)6/h8-17,22-23H,7,18-21H2,1-6H3,(H,36,40)/b17-11+. The SMILES string of the molecule is CCOC(=O)/C=C/c1ccc(-c2ccc(N3CCN(C(=O)OC(C)(C)C)CC3)cc2NC(=O)c2ccc(C)cc2)c(C)c1. The summed E-state index contributed by atoms with van der Waals surface area (Å²) in [6.07, 6.45) is 2.85. The smallest absolute Gasteiger partial charge is 0.410 e. The van der Waals surface area contributed by atoms with E-state index in [1.807, 2.05) is 95.3 Å². The van der Waals surface area contributed by atoms with Gasteiger partial charge in [0.25, 0.3) is 5.91 Å². The highest BCUT2D eigenvalue weighted by atomic mass is 16.6. The molecule has 1 saturated heterocycles. The molecule has 0 atom stereocenters. The summed E-state index contributed by atoms with van der Waals surface area (Å²) in [5.74, 6) is -0.576. The van der Waals surface area contributed by atoms with Crippen LogP contribution in [0.3, 0.4) is 0 Å². The van der Waals surface area contributed by atoms with E-state index < -0.39 is 5.60 Å². The molecule has 8 nitrogen and oxygen atoms in total. The molecule has 0 unspecified atom stereocenters. The molecular formula is C35H41N3O5. The zero-order chi connectivity index (χ0) is 31.1. The second-order valence-electron chi connectivity index (χ2n) is 11.7. The van der Waals surface area contributed by atoms with Crippen LogP contribution in [0.5, 0.6) is 0 Å². The number of rotatable bonds is 7. The summed E-state index contributed by atoms with van der Waals surface area (Å²) in [5, 5.41) is 3.15. The van der Waals surface area contributed by atoms with Crippen molar-refractivity contribution in [3.05, 3.63) is 89.0 Å².